The number of rotatable bonds is 9. The Kier molecular flexibility index (Phi) is 7.96. The Morgan fingerprint density at radius 1 is 1.26 bits per heavy atom. The summed E-state index contributed by atoms with van der Waals surface area (Å²) in [5.74, 6) is 0.856. The Hall–Kier alpha value is -0.120. The Morgan fingerprint density at radius 3 is 2.47 bits per heavy atom. The molecule has 0 aromatic carbocycles. The van der Waals surface area contributed by atoms with Crippen LogP contribution in [0, 0.1) is 5.92 Å². The lowest BCUT2D eigenvalue weighted by Crippen LogP contribution is -2.54. The highest BCUT2D eigenvalue weighted by Crippen LogP contribution is 2.38. The maximum absolute atomic E-state index is 6.01. The Bertz CT molecular complexity index is 225. The molecule has 0 amide bonds. The fourth-order valence-electron chi connectivity index (χ4n) is 3.25. The van der Waals surface area contributed by atoms with E-state index in [-0.39, 0.29) is 5.60 Å². The van der Waals surface area contributed by atoms with E-state index in [9.17, 15) is 0 Å². The van der Waals surface area contributed by atoms with Crippen LogP contribution in [0.2, 0.25) is 0 Å². The highest BCUT2D eigenvalue weighted by atomic mass is 16.5. The fraction of sp³-hybridized carbons (Fsp3) is 1.00. The second-order valence-corrected chi connectivity index (χ2v) is 6.09. The van der Waals surface area contributed by atoms with Gasteiger partial charge in [-0.1, -0.05) is 13.8 Å². The molecule has 0 spiro atoms. The van der Waals surface area contributed by atoms with Crippen LogP contribution in [0.5, 0.6) is 0 Å². The Labute approximate surface area is 119 Å². The lowest BCUT2D eigenvalue weighted by atomic mass is 9.74. The molecule has 1 saturated carbocycles. The monoisotopic (exact) mass is 271 g/mol. The van der Waals surface area contributed by atoms with Gasteiger partial charge in [0.05, 0.1) is 5.60 Å². The molecule has 3 heteroatoms. The number of hydrogen-bond donors (Lipinski definition) is 1. The third-order valence-corrected chi connectivity index (χ3v) is 4.64. The average molecular weight is 271 g/mol. The predicted octanol–water partition coefficient (Wildman–Crippen LogP) is 3.38. The third kappa shape index (κ3) is 5.05. The topological polar surface area (TPSA) is 30.5 Å². The highest BCUT2D eigenvalue weighted by molar-refractivity contribution is 4.96. The summed E-state index contributed by atoms with van der Waals surface area (Å²) >= 11 is 0. The maximum Gasteiger partial charge on any atom is 0.0831 e. The molecule has 19 heavy (non-hydrogen) atoms. The zero-order chi connectivity index (χ0) is 14.1. The summed E-state index contributed by atoms with van der Waals surface area (Å²) in [5.41, 5.74) is 0.0510. The van der Waals surface area contributed by atoms with Gasteiger partial charge in [-0.05, 0) is 57.4 Å². The smallest absolute Gasteiger partial charge is 0.0831 e. The maximum atomic E-state index is 6.01. The summed E-state index contributed by atoms with van der Waals surface area (Å²) in [6.45, 7) is 6.51. The quantitative estimate of drug-likeness (QED) is 0.652. The predicted molar refractivity (Wildman–Crippen MR) is 80.6 cm³/mol. The molecule has 1 N–H and O–H groups in total. The van der Waals surface area contributed by atoms with Gasteiger partial charge in [-0.25, -0.2) is 0 Å². The van der Waals surface area contributed by atoms with Crippen molar-refractivity contribution in [3.05, 3.63) is 0 Å². The molecule has 1 aliphatic rings. The number of methoxy groups -OCH3 is 2. The van der Waals surface area contributed by atoms with E-state index in [1.165, 1.54) is 32.1 Å². The molecule has 0 aromatic heterocycles. The first-order valence-corrected chi connectivity index (χ1v) is 7.96. The number of ether oxygens (including phenoxy) is 2. The second kappa shape index (κ2) is 8.93. The Morgan fingerprint density at radius 2 is 1.95 bits per heavy atom. The highest BCUT2D eigenvalue weighted by Gasteiger charge is 2.40. The van der Waals surface area contributed by atoms with E-state index in [1.54, 1.807) is 7.11 Å². The van der Waals surface area contributed by atoms with Gasteiger partial charge in [-0.2, -0.15) is 0 Å². The van der Waals surface area contributed by atoms with E-state index in [2.05, 4.69) is 19.2 Å². The molecule has 0 bridgehead atoms. The minimum absolute atomic E-state index is 0.0510. The standard InChI is InChI=1S/C16H33NO2/c1-5-12-17-15(7-6-13-18-3)16(19-4)10-8-14(2)9-11-16/h14-15,17H,5-13H2,1-4H3. The number of hydrogen-bond acceptors (Lipinski definition) is 3. The Balaban J connectivity index is 2.62. The van der Waals surface area contributed by atoms with Crippen LogP contribution >= 0.6 is 0 Å². The summed E-state index contributed by atoms with van der Waals surface area (Å²) in [5, 5.41) is 3.72. The van der Waals surface area contributed by atoms with Crippen molar-refractivity contribution in [3.63, 3.8) is 0 Å². The van der Waals surface area contributed by atoms with Gasteiger partial charge in [0.15, 0.2) is 0 Å². The van der Waals surface area contributed by atoms with Crippen molar-refractivity contribution >= 4 is 0 Å². The van der Waals surface area contributed by atoms with E-state index >= 15 is 0 Å². The van der Waals surface area contributed by atoms with Crippen molar-refractivity contribution in [2.75, 3.05) is 27.4 Å². The lowest BCUT2D eigenvalue weighted by Gasteiger charge is -2.44. The summed E-state index contributed by atoms with van der Waals surface area (Å²) in [4.78, 5) is 0. The van der Waals surface area contributed by atoms with Gasteiger partial charge in [0, 0.05) is 26.9 Å². The first-order valence-electron chi connectivity index (χ1n) is 7.96. The van der Waals surface area contributed by atoms with Crippen molar-refractivity contribution in [3.8, 4) is 0 Å². The van der Waals surface area contributed by atoms with Crippen LogP contribution in [0.4, 0.5) is 0 Å². The molecule has 1 rings (SSSR count). The van der Waals surface area contributed by atoms with E-state index in [0.717, 1.165) is 31.9 Å². The van der Waals surface area contributed by atoms with Crippen LogP contribution in [0.15, 0.2) is 0 Å². The molecule has 3 nitrogen and oxygen atoms in total. The first-order chi connectivity index (χ1) is 9.18. The third-order valence-electron chi connectivity index (χ3n) is 4.64. The van der Waals surface area contributed by atoms with Crippen LogP contribution < -0.4 is 5.32 Å². The molecule has 1 fully saturated rings. The largest absolute Gasteiger partial charge is 0.385 e. The first kappa shape index (κ1) is 16.9. The van der Waals surface area contributed by atoms with Crippen LogP contribution in [0.3, 0.4) is 0 Å². The molecule has 0 heterocycles. The van der Waals surface area contributed by atoms with Gasteiger partial charge in [0.2, 0.25) is 0 Å². The molecule has 1 atom stereocenters. The molecule has 0 saturated heterocycles. The van der Waals surface area contributed by atoms with Crippen molar-refractivity contribution in [1.29, 1.82) is 0 Å². The van der Waals surface area contributed by atoms with Gasteiger partial charge >= 0.3 is 0 Å². The van der Waals surface area contributed by atoms with E-state index < -0.39 is 0 Å². The SMILES string of the molecule is CCCNC(CCCOC)C1(OC)CCC(C)CC1. The zero-order valence-corrected chi connectivity index (χ0v) is 13.3. The van der Waals surface area contributed by atoms with Crippen molar-refractivity contribution in [2.45, 2.75) is 70.4 Å². The van der Waals surface area contributed by atoms with Gasteiger partial charge in [-0.15, -0.1) is 0 Å². The number of nitrogens with one attached hydrogen (secondary N) is 1. The molecule has 114 valence electrons. The molecular formula is C16H33NO2. The molecule has 0 radical (unpaired) electrons. The zero-order valence-electron chi connectivity index (χ0n) is 13.3. The minimum Gasteiger partial charge on any atom is -0.385 e. The fourth-order valence-corrected chi connectivity index (χ4v) is 3.25. The van der Waals surface area contributed by atoms with Gasteiger partial charge in [-0.3, -0.25) is 0 Å². The van der Waals surface area contributed by atoms with E-state index in [1.807, 2.05) is 7.11 Å². The summed E-state index contributed by atoms with van der Waals surface area (Å²) in [7, 11) is 3.68. The van der Waals surface area contributed by atoms with Crippen LogP contribution in [-0.4, -0.2) is 39.0 Å². The van der Waals surface area contributed by atoms with Gasteiger partial charge < -0.3 is 14.8 Å². The van der Waals surface area contributed by atoms with Crippen LogP contribution in [-0.2, 0) is 9.47 Å². The van der Waals surface area contributed by atoms with E-state index in [4.69, 9.17) is 9.47 Å². The van der Waals surface area contributed by atoms with Crippen LogP contribution in [0.25, 0.3) is 0 Å². The summed E-state index contributed by atoms with van der Waals surface area (Å²) in [6.07, 6.45) is 8.41. The molecule has 0 aromatic rings. The molecule has 1 aliphatic carbocycles. The lowest BCUT2D eigenvalue weighted by molar-refractivity contribution is -0.0775. The van der Waals surface area contributed by atoms with E-state index in [0.29, 0.717) is 6.04 Å². The molecule has 0 aliphatic heterocycles. The van der Waals surface area contributed by atoms with Gasteiger partial charge in [0.25, 0.3) is 0 Å². The van der Waals surface area contributed by atoms with Crippen molar-refractivity contribution < 1.29 is 9.47 Å². The minimum atomic E-state index is 0.0510. The van der Waals surface area contributed by atoms with Crippen molar-refractivity contribution in [1.82, 2.24) is 5.32 Å². The summed E-state index contributed by atoms with van der Waals surface area (Å²) in [6, 6.07) is 0.472. The normalized spacial score (nSPS) is 29.4. The van der Waals surface area contributed by atoms with Gasteiger partial charge in [0.1, 0.15) is 0 Å². The second-order valence-electron chi connectivity index (χ2n) is 6.09. The van der Waals surface area contributed by atoms with Crippen molar-refractivity contribution in [2.24, 2.45) is 5.92 Å². The summed E-state index contributed by atoms with van der Waals surface area (Å²) < 4.78 is 11.2. The molecular weight excluding hydrogens is 238 g/mol. The average Bonchev–Trinajstić information content (AvgIpc) is 2.44. The molecule has 1 unspecified atom stereocenters. The van der Waals surface area contributed by atoms with Crippen LogP contribution in [0.1, 0.15) is 58.8 Å².